The number of rotatable bonds is 6. The first-order valence-electron chi connectivity index (χ1n) is 7.17. The van der Waals surface area contributed by atoms with Gasteiger partial charge >= 0.3 is 5.97 Å². The van der Waals surface area contributed by atoms with Gasteiger partial charge in [-0.05, 0) is 18.4 Å². The number of amides is 1. The van der Waals surface area contributed by atoms with Gasteiger partial charge in [0.2, 0.25) is 5.76 Å². The van der Waals surface area contributed by atoms with Gasteiger partial charge in [0.25, 0.3) is 5.91 Å². The molecule has 22 heavy (non-hydrogen) atoms. The fourth-order valence-electron chi connectivity index (χ4n) is 2.25. The minimum Gasteiger partial charge on any atom is -0.480 e. The van der Waals surface area contributed by atoms with E-state index in [-0.39, 0.29) is 12.2 Å². The van der Waals surface area contributed by atoms with E-state index in [1.165, 1.54) is 0 Å². The molecule has 3 rings (SSSR count). The molecule has 1 aromatic carbocycles. The Kier molecular flexibility index (Phi) is 3.91. The van der Waals surface area contributed by atoms with Crippen LogP contribution in [0.4, 0.5) is 0 Å². The summed E-state index contributed by atoms with van der Waals surface area (Å²) < 4.78 is 5.00. The smallest absolute Gasteiger partial charge is 0.326 e. The molecule has 0 aliphatic heterocycles. The van der Waals surface area contributed by atoms with Crippen LogP contribution in [0.2, 0.25) is 0 Å². The lowest BCUT2D eigenvalue weighted by Crippen LogP contribution is -2.42. The summed E-state index contributed by atoms with van der Waals surface area (Å²) in [5, 5.41) is 15.6. The van der Waals surface area contributed by atoms with E-state index in [4.69, 9.17) is 4.52 Å². The van der Waals surface area contributed by atoms with E-state index in [9.17, 15) is 14.7 Å². The van der Waals surface area contributed by atoms with Crippen LogP contribution in [-0.4, -0.2) is 28.2 Å². The monoisotopic (exact) mass is 300 g/mol. The second-order valence-electron chi connectivity index (χ2n) is 5.44. The third-order valence-corrected chi connectivity index (χ3v) is 3.63. The van der Waals surface area contributed by atoms with Crippen LogP contribution in [0.1, 0.15) is 40.6 Å². The van der Waals surface area contributed by atoms with Crippen LogP contribution in [-0.2, 0) is 11.2 Å². The number of carbonyl (C=O) groups is 2. The lowest BCUT2D eigenvalue weighted by molar-refractivity contribution is -0.139. The second-order valence-corrected chi connectivity index (χ2v) is 5.44. The van der Waals surface area contributed by atoms with Gasteiger partial charge in [0.05, 0.1) is 5.69 Å². The Balaban J connectivity index is 1.67. The van der Waals surface area contributed by atoms with E-state index in [0.717, 1.165) is 24.1 Å². The van der Waals surface area contributed by atoms with Gasteiger partial charge in [0, 0.05) is 18.4 Å². The average molecular weight is 300 g/mol. The first-order chi connectivity index (χ1) is 10.6. The molecule has 1 atom stereocenters. The summed E-state index contributed by atoms with van der Waals surface area (Å²) in [5.41, 5.74) is 1.60. The van der Waals surface area contributed by atoms with Crippen LogP contribution in [0.5, 0.6) is 0 Å². The van der Waals surface area contributed by atoms with E-state index in [2.05, 4.69) is 10.5 Å². The van der Waals surface area contributed by atoms with Crippen molar-refractivity contribution in [3.8, 4) is 0 Å². The molecule has 1 aliphatic carbocycles. The summed E-state index contributed by atoms with van der Waals surface area (Å²) in [6.07, 6.45) is 2.32. The molecule has 1 aliphatic rings. The van der Waals surface area contributed by atoms with E-state index in [1.807, 2.05) is 30.3 Å². The Labute approximate surface area is 127 Å². The topological polar surface area (TPSA) is 92.4 Å². The predicted molar refractivity (Wildman–Crippen MR) is 77.5 cm³/mol. The van der Waals surface area contributed by atoms with Crippen molar-refractivity contribution in [2.75, 3.05) is 0 Å². The van der Waals surface area contributed by atoms with E-state index >= 15 is 0 Å². The van der Waals surface area contributed by atoms with Crippen molar-refractivity contribution in [2.45, 2.75) is 31.2 Å². The molecule has 1 fully saturated rings. The molecule has 1 saturated carbocycles. The SMILES string of the molecule is O=C(N[C@@H](Cc1ccccc1)C(=O)O)c1cc(C2CC2)no1. The molecule has 0 bridgehead atoms. The lowest BCUT2D eigenvalue weighted by Gasteiger charge is -2.13. The maximum Gasteiger partial charge on any atom is 0.326 e. The number of carboxylic acids is 1. The molecule has 6 nitrogen and oxygen atoms in total. The summed E-state index contributed by atoms with van der Waals surface area (Å²) in [6, 6.07) is 9.73. The molecule has 0 unspecified atom stereocenters. The number of hydrogen-bond acceptors (Lipinski definition) is 4. The number of aliphatic carboxylic acids is 1. The molecule has 2 aromatic rings. The van der Waals surface area contributed by atoms with Crippen molar-refractivity contribution in [1.82, 2.24) is 10.5 Å². The number of nitrogens with one attached hydrogen (secondary N) is 1. The molecule has 0 spiro atoms. The van der Waals surface area contributed by atoms with Gasteiger partial charge in [-0.15, -0.1) is 0 Å². The summed E-state index contributed by atoms with van der Waals surface area (Å²) in [7, 11) is 0. The van der Waals surface area contributed by atoms with Gasteiger partial charge in [-0.1, -0.05) is 35.5 Å². The number of carboxylic acid groups (broad SMARTS) is 1. The van der Waals surface area contributed by atoms with Gasteiger partial charge in [0.15, 0.2) is 0 Å². The minimum absolute atomic E-state index is 0.0567. The number of aromatic nitrogens is 1. The van der Waals surface area contributed by atoms with Crippen molar-refractivity contribution >= 4 is 11.9 Å². The fourth-order valence-corrected chi connectivity index (χ4v) is 2.25. The number of nitrogens with zero attached hydrogens (tertiary/aromatic N) is 1. The van der Waals surface area contributed by atoms with Crippen molar-refractivity contribution in [2.24, 2.45) is 0 Å². The van der Waals surface area contributed by atoms with Crippen LogP contribution >= 0.6 is 0 Å². The van der Waals surface area contributed by atoms with Crippen LogP contribution in [0.15, 0.2) is 40.9 Å². The van der Waals surface area contributed by atoms with Crippen molar-refractivity contribution in [3.63, 3.8) is 0 Å². The first kappa shape index (κ1) is 14.3. The Bertz CT molecular complexity index is 676. The maximum atomic E-state index is 12.1. The zero-order chi connectivity index (χ0) is 15.5. The number of carbonyl (C=O) groups excluding carboxylic acids is 1. The highest BCUT2D eigenvalue weighted by atomic mass is 16.5. The third kappa shape index (κ3) is 3.33. The molecule has 1 heterocycles. The van der Waals surface area contributed by atoms with Crippen molar-refractivity contribution in [3.05, 3.63) is 53.4 Å². The number of hydrogen-bond donors (Lipinski definition) is 2. The molecule has 114 valence electrons. The molecular formula is C16H16N2O4. The zero-order valence-electron chi connectivity index (χ0n) is 11.9. The van der Waals surface area contributed by atoms with Gasteiger partial charge < -0.3 is 14.9 Å². The van der Waals surface area contributed by atoms with Gasteiger partial charge in [-0.3, -0.25) is 4.79 Å². The molecule has 1 amide bonds. The summed E-state index contributed by atoms with van der Waals surface area (Å²) >= 11 is 0. The van der Waals surface area contributed by atoms with Crippen molar-refractivity contribution < 1.29 is 19.2 Å². The van der Waals surface area contributed by atoms with E-state index in [1.54, 1.807) is 6.07 Å². The normalized spacial score (nSPS) is 15.3. The Hall–Kier alpha value is -2.63. The molecule has 6 heteroatoms. The number of benzene rings is 1. The standard InChI is InChI=1S/C16H16N2O4/c19-15(14-9-12(18-22-14)11-6-7-11)17-13(16(20)21)8-10-4-2-1-3-5-10/h1-5,9,11,13H,6-8H2,(H,17,19)(H,20,21)/t13-/m0/s1. The van der Waals surface area contributed by atoms with Gasteiger partial charge in [-0.2, -0.15) is 0 Å². The third-order valence-electron chi connectivity index (χ3n) is 3.63. The lowest BCUT2D eigenvalue weighted by atomic mass is 10.1. The van der Waals surface area contributed by atoms with Crippen LogP contribution < -0.4 is 5.32 Å². The summed E-state index contributed by atoms with van der Waals surface area (Å²) in [5.74, 6) is -1.20. The Morgan fingerprint density at radius 1 is 1.32 bits per heavy atom. The molecule has 0 radical (unpaired) electrons. The highest BCUT2D eigenvalue weighted by Gasteiger charge is 2.29. The fraction of sp³-hybridized carbons (Fsp3) is 0.312. The van der Waals surface area contributed by atoms with Crippen molar-refractivity contribution in [1.29, 1.82) is 0 Å². The Morgan fingerprint density at radius 3 is 2.68 bits per heavy atom. The van der Waals surface area contributed by atoms with E-state index in [0.29, 0.717) is 5.92 Å². The summed E-state index contributed by atoms with van der Waals surface area (Å²) in [6.45, 7) is 0. The zero-order valence-corrected chi connectivity index (χ0v) is 11.9. The predicted octanol–water partition coefficient (Wildman–Crippen LogP) is 1.98. The molecule has 0 saturated heterocycles. The second kappa shape index (κ2) is 6.01. The van der Waals surface area contributed by atoms with E-state index < -0.39 is 17.9 Å². The highest BCUT2D eigenvalue weighted by Crippen LogP contribution is 2.39. The van der Waals surface area contributed by atoms with Gasteiger partial charge in [0.1, 0.15) is 6.04 Å². The Morgan fingerprint density at radius 2 is 2.05 bits per heavy atom. The maximum absolute atomic E-state index is 12.1. The van der Waals surface area contributed by atoms with Crippen LogP contribution in [0.3, 0.4) is 0 Å². The quantitative estimate of drug-likeness (QED) is 0.851. The molecule has 1 aromatic heterocycles. The highest BCUT2D eigenvalue weighted by molar-refractivity contribution is 5.94. The molecular weight excluding hydrogens is 284 g/mol. The minimum atomic E-state index is -1.08. The largest absolute Gasteiger partial charge is 0.480 e. The van der Waals surface area contributed by atoms with Crippen LogP contribution in [0.25, 0.3) is 0 Å². The summed E-state index contributed by atoms with van der Waals surface area (Å²) in [4.78, 5) is 23.4. The van der Waals surface area contributed by atoms with Crippen LogP contribution in [0, 0.1) is 0 Å². The molecule has 2 N–H and O–H groups in total. The first-order valence-corrected chi connectivity index (χ1v) is 7.17. The van der Waals surface area contributed by atoms with Gasteiger partial charge in [-0.25, -0.2) is 4.79 Å². The average Bonchev–Trinajstić information content (AvgIpc) is 3.24.